The molecule has 0 radical (unpaired) electrons. The number of carbonyl (C=O) groups excluding carboxylic acids is 1. The van der Waals surface area contributed by atoms with Gasteiger partial charge in [0.05, 0.1) is 20.3 Å². The number of hydrogen-bond acceptors (Lipinski definition) is 5. The van der Waals surface area contributed by atoms with Crippen LogP contribution in [0.2, 0.25) is 0 Å². The van der Waals surface area contributed by atoms with Crippen molar-refractivity contribution in [1.29, 1.82) is 0 Å². The van der Waals surface area contributed by atoms with E-state index in [2.05, 4.69) is 32.7 Å². The highest BCUT2D eigenvalue weighted by atomic mass is 16.5. The fraction of sp³-hybridized carbons (Fsp3) is 0.478. The minimum atomic E-state index is -0.775. The van der Waals surface area contributed by atoms with Crippen LogP contribution in [0.3, 0.4) is 0 Å². The lowest BCUT2D eigenvalue weighted by atomic mass is 9.95. The molecule has 1 spiro atoms. The average molecular weight is 411 g/mol. The van der Waals surface area contributed by atoms with Gasteiger partial charge < -0.3 is 18.9 Å². The van der Waals surface area contributed by atoms with Gasteiger partial charge in [-0.3, -0.25) is 9.69 Å². The van der Waals surface area contributed by atoms with Crippen molar-refractivity contribution in [2.24, 2.45) is 0 Å². The maximum absolute atomic E-state index is 13.0. The van der Waals surface area contributed by atoms with Gasteiger partial charge in [-0.25, -0.2) is 4.98 Å². The number of hydrogen-bond donors (Lipinski definition) is 0. The molecule has 7 nitrogen and oxygen atoms in total. The third-order valence-corrected chi connectivity index (χ3v) is 6.01. The van der Waals surface area contributed by atoms with Gasteiger partial charge in [-0.1, -0.05) is 18.2 Å². The first-order valence-corrected chi connectivity index (χ1v) is 10.4. The number of methoxy groups -OCH3 is 1. The Morgan fingerprint density at radius 2 is 2.13 bits per heavy atom. The zero-order valence-corrected chi connectivity index (χ0v) is 18.0. The van der Waals surface area contributed by atoms with E-state index in [0.29, 0.717) is 32.7 Å². The molecule has 1 atom stereocenters. The fourth-order valence-corrected chi connectivity index (χ4v) is 4.33. The molecular formula is C23H30N4O3. The smallest absolute Gasteiger partial charge is 0.256 e. The Hall–Kier alpha value is -2.64. The summed E-state index contributed by atoms with van der Waals surface area (Å²) < 4.78 is 13.8. The second-order valence-electron chi connectivity index (χ2n) is 8.16. The predicted molar refractivity (Wildman–Crippen MR) is 114 cm³/mol. The molecule has 2 aliphatic heterocycles. The van der Waals surface area contributed by atoms with Crippen LogP contribution in [0, 0.1) is 6.92 Å². The van der Waals surface area contributed by atoms with E-state index in [9.17, 15) is 4.79 Å². The molecule has 2 aliphatic rings. The van der Waals surface area contributed by atoms with Crippen molar-refractivity contribution in [2.45, 2.75) is 32.0 Å². The zero-order valence-electron chi connectivity index (χ0n) is 18.0. The van der Waals surface area contributed by atoms with Gasteiger partial charge in [0.2, 0.25) is 0 Å². The zero-order chi connectivity index (χ0) is 21.1. The first-order valence-electron chi connectivity index (χ1n) is 10.4. The lowest BCUT2D eigenvalue weighted by Gasteiger charge is -2.42. The van der Waals surface area contributed by atoms with E-state index in [1.165, 1.54) is 5.56 Å². The Morgan fingerprint density at radius 3 is 2.90 bits per heavy atom. The van der Waals surface area contributed by atoms with Crippen LogP contribution in [-0.2, 0) is 22.6 Å². The number of nitrogens with zero attached hydrogens (tertiary/aromatic N) is 4. The summed E-state index contributed by atoms with van der Waals surface area (Å²) in [7, 11) is 3.54. The first-order chi connectivity index (χ1) is 14.5. The van der Waals surface area contributed by atoms with Crippen LogP contribution in [0.25, 0.3) is 0 Å². The number of carbonyl (C=O) groups is 1. The van der Waals surface area contributed by atoms with Gasteiger partial charge >= 0.3 is 0 Å². The number of benzene rings is 1. The van der Waals surface area contributed by atoms with Gasteiger partial charge in [0.15, 0.2) is 5.60 Å². The van der Waals surface area contributed by atoms with Crippen molar-refractivity contribution in [3.63, 3.8) is 0 Å². The van der Waals surface area contributed by atoms with Gasteiger partial charge in [0.25, 0.3) is 5.91 Å². The molecule has 0 N–H and O–H groups in total. The molecule has 4 rings (SSSR count). The highest BCUT2D eigenvalue weighted by molar-refractivity contribution is 5.86. The topological polar surface area (TPSA) is 59.8 Å². The van der Waals surface area contributed by atoms with E-state index >= 15 is 0 Å². The van der Waals surface area contributed by atoms with Crippen LogP contribution in [0.4, 0.5) is 0 Å². The van der Waals surface area contributed by atoms with Crippen LogP contribution < -0.4 is 4.74 Å². The number of aryl methyl sites for hydroxylation is 1. The number of rotatable bonds is 5. The summed E-state index contributed by atoms with van der Waals surface area (Å²) in [6.07, 6.45) is 8.54. The summed E-state index contributed by atoms with van der Waals surface area (Å²) in [4.78, 5) is 21.4. The summed E-state index contributed by atoms with van der Waals surface area (Å²) in [6.45, 7) is 6.09. The fourth-order valence-electron chi connectivity index (χ4n) is 4.33. The van der Waals surface area contributed by atoms with Gasteiger partial charge in [-0.05, 0) is 24.6 Å². The molecule has 160 valence electrons. The number of morpholine rings is 1. The monoisotopic (exact) mass is 410 g/mol. The Kier molecular flexibility index (Phi) is 5.92. The van der Waals surface area contributed by atoms with Crippen molar-refractivity contribution in [1.82, 2.24) is 19.4 Å². The first kappa shape index (κ1) is 20.6. The molecule has 1 saturated heterocycles. The highest BCUT2D eigenvalue weighted by Gasteiger charge is 2.45. The Morgan fingerprint density at radius 1 is 1.27 bits per heavy atom. The van der Waals surface area contributed by atoms with Gasteiger partial charge in [0.1, 0.15) is 11.6 Å². The minimum Gasteiger partial charge on any atom is -0.496 e. The molecular weight excluding hydrogens is 380 g/mol. The lowest BCUT2D eigenvalue weighted by molar-refractivity contribution is -0.168. The van der Waals surface area contributed by atoms with E-state index < -0.39 is 5.60 Å². The van der Waals surface area contributed by atoms with Crippen LogP contribution in [0.15, 0.2) is 42.7 Å². The molecule has 0 bridgehead atoms. The minimum absolute atomic E-state index is 0.0724. The Bertz CT molecular complexity index is 938. The maximum Gasteiger partial charge on any atom is 0.256 e. The molecule has 1 aromatic carbocycles. The van der Waals surface area contributed by atoms with Gasteiger partial charge in [0, 0.05) is 57.6 Å². The van der Waals surface area contributed by atoms with E-state index in [0.717, 1.165) is 30.2 Å². The Labute approximate surface area is 177 Å². The standard InChI is InChI=1S/C23H30N4O3/c1-18-24-9-11-27(18)16-20-14-19(6-7-21(20)29-3)15-26-12-13-30-23(17-26)8-4-5-10-25(2)22(23)28/h4-7,9,11,14H,8,10,12-13,15-17H2,1-3H3/t23-/m1/s1. The predicted octanol–water partition coefficient (Wildman–Crippen LogP) is 2.24. The van der Waals surface area contributed by atoms with Crippen molar-refractivity contribution in [3.05, 3.63) is 59.7 Å². The molecule has 0 unspecified atom stereocenters. The molecule has 30 heavy (non-hydrogen) atoms. The van der Waals surface area contributed by atoms with Crippen molar-refractivity contribution < 1.29 is 14.3 Å². The van der Waals surface area contributed by atoms with Crippen molar-refractivity contribution in [2.75, 3.05) is 40.4 Å². The number of likely N-dealkylation sites (N-methyl/N-ethyl adjacent to an activating group) is 1. The van der Waals surface area contributed by atoms with Crippen LogP contribution >= 0.6 is 0 Å². The van der Waals surface area contributed by atoms with Crippen molar-refractivity contribution >= 4 is 5.91 Å². The van der Waals surface area contributed by atoms with E-state index in [4.69, 9.17) is 9.47 Å². The third kappa shape index (κ3) is 4.13. The molecule has 1 amide bonds. The third-order valence-electron chi connectivity index (χ3n) is 6.01. The number of ether oxygens (including phenoxy) is 2. The summed E-state index contributed by atoms with van der Waals surface area (Å²) in [5, 5.41) is 0. The molecule has 2 aromatic rings. The quantitative estimate of drug-likeness (QED) is 0.708. The molecule has 7 heteroatoms. The summed E-state index contributed by atoms with van der Waals surface area (Å²) in [5.74, 6) is 1.92. The molecule has 0 aliphatic carbocycles. The van der Waals surface area contributed by atoms with Crippen LogP contribution in [0.5, 0.6) is 5.75 Å². The molecule has 3 heterocycles. The van der Waals surface area contributed by atoms with E-state index in [-0.39, 0.29) is 5.91 Å². The second-order valence-corrected chi connectivity index (χ2v) is 8.16. The number of aromatic nitrogens is 2. The number of amides is 1. The average Bonchev–Trinajstić information content (AvgIpc) is 3.10. The Balaban J connectivity index is 1.52. The number of imidazole rings is 1. The van der Waals surface area contributed by atoms with E-state index in [1.54, 1.807) is 12.0 Å². The van der Waals surface area contributed by atoms with Crippen molar-refractivity contribution in [3.8, 4) is 5.75 Å². The second kappa shape index (κ2) is 8.62. The van der Waals surface area contributed by atoms with Gasteiger partial charge in [-0.2, -0.15) is 0 Å². The molecule has 0 saturated carbocycles. The van der Waals surface area contributed by atoms with Gasteiger partial charge in [-0.15, -0.1) is 0 Å². The summed E-state index contributed by atoms with van der Waals surface area (Å²) in [5.41, 5.74) is 1.54. The van der Waals surface area contributed by atoms with Crippen LogP contribution in [-0.4, -0.2) is 71.3 Å². The molecule has 1 aromatic heterocycles. The maximum atomic E-state index is 13.0. The SMILES string of the molecule is COc1ccc(CN2CCO[C@]3(CC=CCN(C)C3=O)C2)cc1Cn1ccnc1C. The highest BCUT2D eigenvalue weighted by Crippen LogP contribution is 2.29. The largest absolute Gasteiger partial charge is 0.496 e. The van der Waals surface area contributed by atoms with E-state index in [1.807, 2.05) is 38.5 Å². The lowest BCUT2D eigenvalue weighted by Crippen LogP contribution is -2.59. The van der Waals surface area contributed by atoms with Crippen LogP contribution in [0.1, 0.15) is 23.4 Å². The summed E-state index contributed by atoms with van der Waals surface area (Å²) in [6, 6.07) is 6.33. The normalized spacial score (nSPS) is 22.5. The summed E-state index contributed by atoms with van der Waals surface area (Å²) >= 11 is 0. The molecule has 1 fully saturated rings.